The summed E-state index contributed by atoms with van der Waals surface area (Å²) in [5.74, 6) is 5.05. The van der Waals surface area contributed by atoms with Crippen LogP contribution in [0.2, 0.25) is 0 Å². The summed E-state index contributed by atoms with van der Waals surface area (Å²) in [4.78, 5) is 16.1. The van der Waals surface area contributed by atoms with E-state index in [1.807, 2.05) is 6.92 Å². The van der Waals surface area contributed by atoms with Gasteiger partial charge in [0.05, 0.1) is 24.0 Å². The van der Waals surface area contributed by atoms with Gasteiger partial charge in [-0.1, -0.05) is 0 Å². The van der Waals surface area contributed by atoms with E-state index in [-0.39, 0.29) is 11.4 Å². The van der Waals surface area contributed by atoms with E-state index in [1.54, 1.807) is 12.1 Å². The molecule has 0 aliphatic carbocycles. The monoisotopic (exact) mass is 250 g/mol. The number of nitrogens with zero attached hydrogens (tertiary/aromatic N) is 1. The molecule has 0 spiro atoms. The molecule has 6 nitrogen and oxygen atoms in total. The number of amides is 1. The van der Waals surface area contributed by atoms with E-state index >= 15 is 0 Å². The van der Waals surface area contributed by atoms with Crippen LogP contribution in [-0.2, 0) is 4.74 Å². The normalized spacial score (nSPS) is 23.4. The molecule has 0 saturated carbocycles. The van der Waals surface area contributed by atoms with Crippen molar-refractivity contribution in [2.75, 3.05) is 18.6 Å². The van der Waals surface area contributed by atoms with E-state index in [1.165, 1.54) is 6.20 Å². The molecule has 1 aliphatic rings. The van der Waals surface area contributed by atoms with Crippen molar-refractivity contribution in [3.8, 4) is 0 Å². The van der Waals surface area contributed by atoms with Gasteiger partial charge in [-0.3, -0.25) is 10.6 Å². The fraction of sp³-hybridized carbons (Fsp3) is 0.500. The van der Waals surface area contributed by atoms with Crippen LogP contribution in [0.3, 0.4) is 0 Å². The first-order valence-electron chi connectivity index (χ1n) is 5.96. The Morgan fingerprint density at radius 2 is 2.39 bits per heavy atom. The van der Waals surface area contributed by atoms with Crippen LogP contribution in [0.4, 0.5) is 5.69 Å². The molecule has 1 fully saturated rings. The molecular weight excluding hydrogens is 232 g/mol. The molecule has 0 radical (unpaired) electrons. The van der Waals surface area contributed by atoms with E-state index in [0.29, 0.717) is 18.0 Å². The minimum absolute atomic E-state index is 0.188. The summed E-state index contributed by atoms with van der Waals surface area (Å²) in [6, 6.07) is 3.35. The predicted molar refractivity (Wildman–Crippen MR) is 68.0 cm³/mol. The lowest BCUT2D eigenvalue weighted by Gasteiger charge is -2.34. The van der Waals surface area contributed by atoms with Crippen molar-refractivity contribution >= 4 is 11.6 Å². The Morgan fingerprint density at radius 1 is 1.56 bits per heavy atom. The molecule has 1 aromatic heterocycles. The number of nitrogens with one attached hydrogen (secondary N) is 2. The van der Waals surface area contributed by atoms with Crippen molar-refractivity contribution in [1.29, 1.82) is 0 Å². The molecule has 2 rings (SSSR count). The smallest absolute Gasteiger partial charge is 0.270 e. The van der Waals surface area contributed by atoms with Gasteiger partial charge < -0.3 is 15.5 Å². The molecule has 1 amide bonds. The maximum Gasteiger partial charge on any atom is 0.270 e. The molecule has 0 aromatic carbocycles. The second-order valence-electron chi connectivity index (χ2n) is 4.75. The van der Waals surface area contributed by atoms with Gasteiger partial charge in [0.2, 0.25) is 0 Å². The Kier molecular flexibility index (Phi) is 3.78. The zero-order valence-electron chi connectivity index (χ0n) is 10.4. The molecule has 18 heavy (non-hydrogen) atoms. The lowest BCUT2D eigenvalue weighted by Crippen LogP contribution is -2.51. The van der Waals surface area contributed by atoms with E-state index in [9.17, 15) is 4.79 Å². The Labute approximate surface area is 106 Å². The fourth-order valence-corrected chi connectivity index (χ4v) is 1.98. The van der Waals surface area contributed by atoms with Gasteiger partial charge in [-0.25, -0.2) is 4.98 Å². The number of hydrogen-bond acceptors (Lipinski definition) is 5. The lowest BCUT2D eigenvalue weighted by molar-refractivity contribution is 0.0271. The fourth-order valence-electron chi connectivity index (χ4n) is 1.98. The molecule has 0 bridgehead atoms. The first-order valence-corrected chi connectivity index (χ1v) is 5.96. The van der Waals surface area contributed by atoms with Crippen molar-refractivity contribution in [2.24, 2.45) is 5.84 Å². The van der Waals surface area contributed by atoms with Crippen LogP contribution in [-0.4, -0.2) is 29.6 Å². The van der Waals surface area contributed by atoms with Crippen LogP contribution in [0.1, 0.15) is 30.3 Å². The van der Waals surface area contributed by atoms with Crippen LogP contribution in [0.15, 0.2) is 18.3 Å². The van der Waals surface area contributed by atoms with Gasteiger partial charge in [-0.2, -0.15) is 0 Å². The summed E-state index contributed by atoms with van der Waals surface area (Å²) in [5, 5.41) is 2.97. The molecule has 6 heteroatoms. The minimum Gasteiger partial charge on any atom is -0.379 e. The summed E-state index contributed by atoms with van der Waals surface area (Å²) in [6.07, 6.45) is 3.40. The zero-order valence-corrected chi connectivity index (χ0v) is 10.4. The number of nitrogens with two attached hydrogens (primary N) is 1. The summed E-state index contributed by atoms with van der Waals surface area (Å²) < 4.78 is 5.40. The van der Waals surface area contributed by atoms with E-state index in [2.05, 4.69) is 15.7 Å². The maximum atomic E-state index is 12.0. The first kappa shape index (κ1) is 12.8. The second-order valence-corrected chi connectivity index (χ2v) is 4.75. The molecule has 98 valence electrons. The lowest BCUT2D eigenvalue weighted by atomic mass is 9.95. The first-order chi connectivity index (χ1) is 8.63. The standard InChI is InChI=1S/C12H18N4O2/c1-12(5-2-6-18-8-12)15-11(17)10-4-3-9(16-13)7-14-10/h3-4,7,16H,2,5-6,8,13H2,1H3,(H,15,17). The number of aromatic nitrogens is 1. The number of anilines is 1. The number of hydrogen-bond donors (Lipinski definition) is 3. The molecular formula is C12H18N4O2. The molecule has 1 saturated heterocycles. The highest BCUT2D eigenvalue weighted by Gasteiger charge is 2.29. The van der Waals surface area contributed by atoms with E-state index < -0.39 is 0 Å². The number of pyridine rings is 1. The molecule has 1 aromatic rings. The highest BCUT2D eigenvalue weighted by atomic mass is 16.5. The van der Waals surface area contributed by atoms with Crippen LogP contribution in [0.25, 0.3) is 0 Å². The summed E-state index contributed by atoms with van der Waals surface area (Å²) in [6.45, 7) is 3.29. The summed E-state index contributed by atoms with van der Waals surface area (Å²) in [7, 11) is 0. The number of carbonyl (C=O) groups excluding carboxylic acids is 1. The second kappa shape index (κ2) is 5.32. The van der Waals surface area contributed by atoms with Gasteiger partial charge in [0.25, 0.3) is 5.91 Å². The number of nitrogen functional groups attached to an aromatic ring is 1. The third kappa shape index (κ3) is 2.96. The Morgan fingerprint density at radius 3 is 2.94 bits per heavy atom. The number of rotatable bonds is 3. The van der Waals surface area contributed by atoms with Crippen LogP contribution in [0.5, 0.6) is 0 Å². The Balaban J connectivity index is 2.02. The van der Waals surface area contributed by atoms with Gasteiger partial charge in [0, 0.05) is 6.61 Å². The summed E-state index contributed by atoms with van der Waals surface area (Å²) >= 11 is 0. The minimum atomic E-state index is -0.304. The van der Waals surface area contributed by atoms with Crippen molar-refractivity contribution < 1.29 is 9.53 Å². The average molecular weight is 250 g/mol. The Bertz CT molecular complexity index is 413. The van der Waals surface area contributed by atoms with Crippen LogP contribution in [0, 0.1) is 0 Å². The average Bonchev–Trinajstić information content (AvgIpc) is 2.39. The third-order valence-electron chi connectivity index (χ3n) is 3.02. The quantitative estimate of drug-likeness (QED) is 0.542. The number of hydrazine groups is 1. The van der Waals surface area contributed by atoms with Crippen molar-refractivity contribution in [3.63, 3.8) is 0 Å². The van der Waals surface area contributed by atoms with Crippen molar-refractivity contribution in [2.45, 2.75) is 25.3 Å². The Hall–Kier alpha value is -1.66. The van der Waals surface area contributed by atoms with Gasteiger partial charge in [-0.15, -0.1) is 0 Å². The van der Waals surface area contributed by atoms with Crippen LogP contribution >= 0.6 is 0 Å². The largest absolute Gasteiger partial charge is 0.379 e. The highest BCUT2D eigenvalue weighted by Crippen LogP contribution is 2.18. The topological polar surface area (TPSA) is 89.3 Å². The third-order valence-corrected chi connectivity index (χ3v) is 3.02. The SMILES string of the molecule is CC1(NC(=O)c2ccc(NN)cn2)CCCOC1. The van der Waals surface area contributed by atoms with E-state index in [4.69, 9.17) is 10.6 Å². The van der Waals surface area contributed by atoms with E-state index in [0.717, 1.165) is 19.4 Å². The van der Waals surface area contributed by atoms with Crippen molar-refractivity contribution in [1.82, 2.24) is 10.3 Å². The van der Waals surface area contributed by atoms with Gasteiger partial charge >= 0.3 is 0 Å². The molecule has 2 heterocycles. The molecule has 4 N–H and O–H groups in total. The van der Waals surface area contributed by atoms with Gasteiger partial charge in [0.15, 0.2) is 0 Å². The predicted octanol–water partition coefficient (Wildman–Crippen LogP) is 0.666. The molecule has 1 atom stereocenters. The summed E-state index contributed by atoms with van der Waals surface area (Å²) in [5.41, 5.74) is 3.21. The van der Waals surface area contributed by atoms with Gasteiger partial charge in [0.1, 0.15) is 5.69 Å². The number of carbonyl (C=O) groups is 1. The van der Waals surface area contributed by atoms with Crippen LogP contribution < -0.4 is 16.6 Å². The zero-order chi connectivity index (χ0) is 13.0. The highest BCUT2D eigenvalue weighted by molar-refractivity contribution is 5.93. The number of ether oxygens (including phenoxy) is 1. The molecule has 1 unspecified atom stereocenters. The maximum absolute atomic E-state index is 12.0. The van der Waals surface area contributed by atoms with Gasteiger partial charge in [-0.05, 0) is 31.9 Å². The molecule has 1 aliphatic heterocycles. The van der Waals surface area contributed by atoms with Crippen molar-refractivity contribution in [3.05, 3.63) is 24.0 Å².